The predicted octanol–water partition coefficient (Wildman–Crippen LogP) is 11.7. The van der Waals surface area contributed by atoms with Crippen LogP contribution in [-0.4, -0.2) is 5.16 Å². The Labute approximate surface area is 263 Å². The van der Waals surface area contributed by atoms with Gasteiger partial charge in [0, 0.05) is 5.56 Å². The Bertz CT molecular complexity index is 1810. The first-order valence-electron chi connectivity index (χ1n) is 14.4. The molecule has 0 aliphatic heterocycles. The minimum Gasteiger partial charge on any atom is -0.429 e. The molecule has 5 aromatic carbocycles. The number of halogens is 5. The summed E-state index contributed by atoms with van der Waals surface area (Å²) in [6, 6.07) is 25.8. The van der Waals surface area contributed by atoms with Gasteiger partial charge in [-0.15, -0.1) is 0 Å². The number of alkyl halides is 2. The molecule has 0 N–H and O–H groups in total. The summed E-state index contributed by atoms with van der Waals surface area (Å²) in [5, 5.41) is 2.27. The highest BCUT2D eigenvalue weighted by atomic mass is 32.1. The smallest absolute Gasteiger partial charge is 0.429 e. The average Bonchev–Trinajstić information content (AvgIpc) is 3.02. The van der Waals surface area contributed by atoms with E-state index in [2.05, 4.69) is 29.3 Å². The van der Waals surface area contributed by atoms with Crippen LogP contribution in [0.15, 0.2) is 108 Å². The fraction of sp³-hybridized carbons (Fsp3) is 0.162. The average molecular weight is 630 g/mol. The van der Waals surface area contributed by atoms with E-state index in [9.17, 15) is 13.2 Å². The molecule has 0 bridgehead atoms. The summed E-state index contributed by atoms with van der Waals surface area (Å²) in [6.07, 6.45) is -0.153. The van der Waals surface area contributed by atoms with Crippen LogP contribution in [0.2, 0.25) is 0 Å². The maximum Gasteiger partial charge on any atom is 0.432 e. The molecule has 0 unspecified atom stereocenters. The van der Waals surface area contributed by atoms with Gasteiger partial charge in [-0.2, -0.15) is 13.8 Å². The van der Waals surface area contributed by atoms with Crippen molar-refractivity contribution in [3.05, 3.63) is 132 Å². The number of unbranched alkanes of at least 4 members (excludes halogenated alkanes) is 2. The molecule has 0 amide bonds. The number of hydrogen-bond donors (Lipinski definition) is 0. The molecule has 0 saturated carbocycles. The summed E-state index contributed by atoms with van der Waals surface area (Å²) < 4.78 is 79.9. The van der Waals surface area contributed by atoms with Gasteiger partial charge in [-0.05, 0) is 101 Å². The van der Waals surface area contributed by atoms with Crippen LogP contribution in [0, 0.1) is 17.5 Å². The fourth-order valence-electron chi connectivity index (χ4n) is 5.07. The van der Waals surface area contributed by atoms with Crippen LogP contribution in [0.4, 0.5) is 27.6 Å². The number of hydrogen-bond acceptors (Lipinski definition) is 3. The molecule has 0 atom stereocenters. The van der Waals surface area contributed by atoms with Crippen LogP contribution in [-0.2, 0) is 12.5 Å². The molecular formula is C37H28F5NOS. The van der Waals surface area contributed by atoms with Gasteiger partial charge in [-0.3, -0.25) is 0 Å². The van der Waals surface area contributed by atoms with Crippen molar-refractivity contribution in [3.8, 4) is 39.1 Å². The van der Waals surface area contributed by atoms with Crippen molar-refractivity contribution in [2.75, 3.05) is 0 Å². The molecule has 0 saturated heterocycles. The molecular weight excluding hydrogens is 601 g/mol. The third-order valence-corrected chi connectivity index (χ3v) is 7.54. The number of rotatable bonds is 11. The largest absolute Gasteiger partial charge is 0.432 e. The molecule has 5 aromatic rings. The molecule has 0 aliphatic carbocycles. The van der Waals surface area contributed by atoms with E-state index in [1.807, 2.05) is 12.1 Å². The summed E-state index contributed by atoms with van der Waals surface area (Å²) in [7, 11) is 0. The van der Waals surface area contributed by atoms with Crippen molar-refractivity contribution >= 4 is 23.1 Å². The first-order valence-corrected chi connectivity index (χ1v) is 14.8. The van der Waals surface area contributed by atoms with E-state index in [-0.39, 0.29) is 11.3 Å². The van der Waals surface area contributed by atoms with E-state index < -0.39 is 29.1 Å². The summed E-state index contributed by atoms with van der Waals surface area (Å²) in [5.74, 6) is -3.64. The van der Waals surface area contributed by atoms with Gasteiger partial charge in [0.05, 0.1) is 10.8 Å². The molecule has 2 nitrogen and oxygen atoms in total. The topological polar surface area (TPSA) is 21.6 Å². The number of ether oxygens (including phenoxy) is 1. The van der Waals surface area contributed by atoms with Crippen molar-refractivity contribution in [2.45, 2.75) is 38.7 Å². The van der Waals surface area contributed by atoms with E-state index in [0.29, 0.717) is 33.5 Å². The lowest BCUT2D eigenvalue weighted by molar-refractivity contribution is -0.189. The maximum absolute atomic E-state index is 15.1. The first kappa shape index (κ1) is 31.8. The first-order chi connectivity index (χ1) is 21.7. The Hall–Kier alpha value is -4.65. The number of thiocarbonyl (C=S) groups is 1. The molecule has 0 radical (unpaired) electrons. The highest BCUT2D eigenvalue weighted by Crippen LogP contribution is 2.38. The summed E-state index contributed by atoms with van der Waals surface area (Å²) in [6.45, 7) is 2.12. The highest BCUT2D eigenvalue weighted by Gasteiger charge is 2.41. The zero-order valence-corrected chi connectivity index (χ0v) is 25.1. The van der Waals surface area contributed by atoms with Gasteiger partial charge >= 0.3 is 6.11 Å². The van der Waals surface area contributed by atoms with Crippen molar-refractivity contribution in [3.63, 3.8) is 0 Å². The standard InChI is InChI=1S/C37H28F5NOS/c1-2-3-4-5-24-6-8-26(9-7-24)29-21-34(39)36(35(40)22-29)37(41,42)44-31-17-12-25(13-18-31)28-14-19-32(33(38)20-28)27-10-15-30(16-11-27)43-23-45/h6-22H,2-5H2,1H3. The third kappa shape index (κ3) is 7.54. The lowest BCUT2D eigenvalue weighted by atomic mass is 9.99. The van der Waals surface area contributed by atoms with Gasteiger partial charge in [-0.25, -0.2) is 13.2 Å². The van der Waals surface area contributed by atoms with Crippen LogP contribution < -0.4 is 4.74 Å². The zero-order chi connectivity index (χ0) is 32.0. The second kappa shape index (κ2) is 14.0. The van der Waals surface area contributed by atoms with E-state index in [4.69, 9.17) is 4.74 Å². The lowest BCUT2D eigenvalue weighted by Crippen LogP contribution is -2.25. The normalized spacial score (nSPS) is 11.2. The fourth-order valence-corrected chi connectivity index (χ4v) is 5.18. The van der Waals surface area contributed by atoms with Gasteiger partial charge in [0.1, 0.15) is 28.8 Å². The van der Waals surface area contributed by atoms with Crippen molar-refractivity contribution in [1.29, 1.82) is 0 Å². The molecule has 228 valence electrons. The second-order valence-electron chi connectivity index (χ2n) is 10.6. The molecule has 0 heterocycles. The van der Waals surface area contributed by atoms with Gasteiger partial charge in [0.15, 0.2) is 0 Å². The molecule has 45 heavy (non-hydrogen) atoms. The SMILES string of the molecule is CCCCCc1ccc(-c2cc(F)c(C(F)(F)Oc3ccc(-c4ccc(-c5ccc(N=C=S)cc5)c(F)c4)cc3)c(F)c2)cc1. The Morgan fingerprint density at radius 3 is 1.82 bits per heavy atom. The van der Waals surface area contributed by atoms with Crippen LogP contribution in [0.5, 0.6) is 5.75 Å². The van der Waals surface area contributed by atoms with Crippen LogP contribution in [0.25, 0.3) is 33.4 Å². The Balaban J connectivity index is 1.30. The number of aryl methyl sites for hydroxylation is 1. The van der Waals surface area contributed by atoms with Crippen molar-refractivity contribution in [1.82, 2.24) is 0 Å². The molecule has 8 heteroatoms. The van der Waals surface area contributed by atoms with Crippen molar-refractivity contribution < 1.29 is 26.7 Å². The van der Waals surface area contributed by atoms with E-state index >= 15 is 8.78 Å². The van der Waals surface area contributed by atoms with E-state index in [0.717, 1.165) is 43.4 Å². The van der Waals surface area contributed by atoms with Gasteiger partial charge in [0.25, 0.3) is 0 Å². The molecule has 0 spiro atoms. The minimum atomic E-state index is -4.30. The highest BCUT2D eigenvalue weighted by molar-refractivity contribution is 7.78. The quantitative estimate of drug-likeness (QED) is 0.0628. The predicted molar refractivity (Wildman–Crippen MR) is 172 cm³/mol. The Kier molecular flexibility index (Phi) is 9.87. The maximum atomic E-state index is 15.1. The number of benzene rings is 5. The monoisotopic (exact) mass is 629 g/mol. The summed E-state index contributed by atoms with van der Waals surface area (Å²) >= 11 is 4.59. The number of aliphatic imine (C=N–C) groups is 1. The van der Waals surface area contributed by atoms with Crippen molar-refractivity contribution in [2.24, 2.45) is 4.99 Å². The van der Waals surface area contributed by atoms with E-state index in [1.54, 1.807) is 48.5 Å². The van der Waals surface area contributed by atoms with Crippen LogP contribution in [0.1, 0.15) is 37.3 Å². The minimum absolute atomic E-state index is 0.143. The molecule has 0 aliphatic rings. The van der Waals surface area contributed by atoms with Crippen LogP contribution in [0.3, 0.4) is 0 Å². The van der Waals surface area contributed by atoms with Gasteiger partial charge < -0.3 is 4.74 Å². The third-order valence-electron chi connectivity index (χ3n) is 7.45. The zero-order valence-electron chi connectivity index (χ0n) is 24.3. The van der Waals surface area contributed by atoms with E-state index in [1.165, 1.54) is 30.3 Å². The van der Waals surface area contributed by atoms with Gasteiger partial charge in [-0.1, -0.05) is 80.4 Å². The number of nitrogens with zero attached hydrogens (tertiary/aromatic N) is 1. The van der Waals surface area contributed by atoms with Crippen LogP contribution >= 0.6 is 12.2 Å². The number of isothiocyanates is 1. The molecule has 0 aromatic heterocycles. The summed E-state index contributed by atoms with van der Waals surface area (Å²) in [4.78, 5) is 3.88. The lowest BCUT2D eigenvalue weighted by Gasteiger charge is -2.20. The summed E-state index contributed by atoms with van der Waals surface area (Å²) in [5.41, 5.74) is 2.89. The Morgan fingerprint density at radius 1 is 0.667 bits per heavy atom. The Morgan fingerprint density at radius 2 is 1.22 bits per heavy atom. The molecule has 5 rings (SSSR count). The molecule has 0 fully saturated rings. The second-order valence-corrected chi connectivity index (χ2v) is 10.7. The van der Waals surface area contributed by atoms with Gasteiger partial charge in [0.2, 0.25) is 0 Å².